The van der Waals surface area contributed by atoms with Gasteiger partial charge >= 0.3 is 8.25 Å². The van der Waals surface area contributed by atoms with Crippen LogP contribution in [0.5, 0.6) is 0 Å². The molecule has 3 nitrogen and oxygen atoms in total. The van der Waals surface area contributed by atoms with Gasteiger partial charge in [-0.15, -0.1) is 48.5 Å². The van der Waals surface area contributed by atoms with E-state index >= 15 is 0 Å². The Hall–Kier alpha value is -1.54. The summed E-state index contributed by atoms with van der Waals surface area (Å²) in [5.74, 6) is 0. The second-order valence-corrected chi connectivity index (χ2v) is 5.73. The van der Waals surface area contributed by atoms with Crippen molar-refractivity contribution in [3.05, 3.63) is 75.9 Å². The maximum atomic E-state index is 12.4. The highest BCUT2D eigenvalue weighted by Crippen LogP contribution is 2.42. The first kappa shape index (κ1) is 20.5. The minimum Gasteiger partial charge on any atom is -0.108 e. The molecule has 0 bridgehead atoms. The summed E-state index contributed by atoms with van der Waals surface area (Å²) < 4.78 is 23.6. The molecule has 0 unspecified atom stereocenters. The summed E-state index contributed by atoms with van der Waals surface area (Å²) in [7, 11) is -2.40. The van der Waals surface area contributed by atoms with Crippen molar-refractivity contribution < 1.29 is 13.6 Å². The zero-order chi connectivity index (χ0) is 17.1. The largest absolute Gasteiger partial charge is 0.699 e. The van der Waals surface area contributed by atoms with Crippen LogP contribution in [0, 0.1) is 0 Å². The van der Waals surface area contributed by atoms with Gasteiger partial charge in [0.05, 0.1) is 0 Å². The smallest absolute Gasteiger partial charge is 0.108 e. The summed E-state index contributed by atoms with van der Waals surface area (Å²) in [5, 5.41) is 0. The maximum absolute atomic E-state index is 12.4. The fourth-order valence-electron chi connectivity index (χ4n) is 2.02. The summed E-state index contributed by atoms with van der Waals surface area (Å²) >= 11 is 0. The van der Waals surface area contributed by atoms with E-state index in [2.05, 4.69) is 39.5 Å². The van der Waals surface area contributed by atoms with Gasteiger partial charge in [0.25, 0.3) is 0 Å². The van der Waals surface area contributed by atoms with Gasteiger partial charge in [0.15, 0.2) is 11.2 Å². The van der Waals surface area contributed by atoms with Crippen LogP contribution in [-0.2, 0) is 13.6 Å². The Morgan fingerprint density at radius 2 is 0.955 bits per heavy atom. The summed E-state index contributed by atoms with van der Waals surface area (Å²) in [6.07, 6.45) is 11.8. The van der Waals surface area contributed by atoms with Crippen molar-refractivity contribution in [2.75, 3.05) is 0 Å². The van der Waals surface area contributed by atoms with Crippen LogP contribution in [0.4, 0.5) is 0 Å². The van der Waals surface area contributed by atoms with E-state index in [4.69, 9.17) is 9.05 Å². The molecule has 0 radical (unpaired) electrons. The first-order valence-corrected chi connectivity index (χ1v) is 8.13. The van der Waals surface area contributed by atoms with Crippen molar-refractivity contribution in [2.45, 2.75) is 36.9 Å². The molecule has 4 heteroatoms. The van der Waals surface area contributed by atoms with Crippen molar-refractivity contribution >= 4 is 8.25 Å². The lowest BCUT2D eigenvalue weighted by atomic mass is 9.96. The van der Waals surface area contributed by atoms with Crippen molar-refractivity contribution in [1.82, 2.24) is 0 Å². The molecule has 120 valence electrons. The van der Waals surface area contributed by atoms with Crippen molar-refractivity contribution in [2.24, 2.45) is 0 Å². The minimum atomic E-state index is -2.40. The zero-order valence-corrected chi connectivity index (χ0v) is 14.1. The van der Waals surface area contributed by atoms with Gasteiger partial charge in [-0.1, -0.05) is 36.5 Å². The van der Waals surface area contributed by atoms with Crippen molar-refractivity contribution in [1.29, 1.82) is 0 Å². The van der Waals surface area contributed by atoms with E-state index in [1.807, 2.05) is 0 Å². The highest BCUT2D eigenvalue weighted by molar-refractivity contribution is 7.33. The SMILES string of the molecule is C=CCC(C=C)(CC=C)O[P+](=O)OC(C=C)(CC=C)CC=C. The molecular weight excluding hydrogens is 295 g/mol. The summed E-state index contributed by atoms with van der Waals surface area (Å²) in [6, 6.07) is 0. The Bertz CT molecular complexity index is 391. The molecule has 0 aliphatic rings. The maximum Gasteiger partial charge on any atom is 0.699 e. The monoisotopic (exact) mass is 321 g/mol. The van der Waals surface area contributed by atoms with E-state index in [9.17, 15) is 4.57 Å². The third kappa shape index (κ3) is 6.07. The molecular formula is C18H26O3P+. The first-order valence-electron chi connectivity index (χ1n) is 7.03. The van der Waals surface area contributed by atoms with Gasteiger partial charge in [0.1, 0.15) is 0 Å². The molecule has 0 saturated carbocycles. The fraction of sp³-hybridized carbons (Fsp3) is 0.333. The van der Waals surface area contributed by atoms with E-state index in [0.29, 0.717) is 25.7 Å². The lowest BCUT2D eigenvalue weighted by Gasteiger charge is -2.24. The van der Waals surface area contributed by atoms with E-state index in [1.165, 1.54) is 0 Å². The molecule has 0 aromatic rings. The van der Waals surface area contributed by atoms with Crippen LogP contribution < -0.4 is 0 Å². The number of rotatable bonds is 14. The van der Waals surface area contributed by atoms with Crippen molar-refractivity contribution in [3.63, 3.8) is 0 Å². The lowest BCUT2D eigenvalue weighted by Crippen LogP contribution is -2.30. The van der Waals surface area contributed by atoms with E-state index < -0.39 is 19.5 Å². The highest BCUT2D eigenvalue weighted by atomic mass is 31.1. The van der Waals surface area contributed by atoms with Crippen LogP contribution in [0.3, 0.4) is 0 Å². The molecule has 0 amide bonds. The molecule has 22 heavy (non-hydrogen) atoms. The van der Waals surface area contributed by atoms with Crippen LogP contribution in [0.15, 0.2) is 75.9 Å². The zero-order valence-electron chi connectivity index (χ0n) is 13.2. The molecule has 0 rings (SSSR count). The number of hydrogen-bond donors (Lipinski definition) is 0. The quantitative estimate of drug-likeness (QED) is 0.298. The molecule has 0 aliphatic heterocycles. The van der Waals surface area contributed by atoms with Gasteiger partial charge in [-0.2, -0.15) is 0 Å². The third-order valence-electron chi connectivity index (χ3n) is 3.22. The Labute approximate surface area is 135 Å². The van der Waals surface area contributed by atoms with Crippen LogP contribution in [-0.4, -0.2) is 11.2 Å². The molecule has 0 heterocycles. The predicted octanol–water partition coefficient (Wildman–Crippen LogP) is 5.83. The molecule has 0 spiro atoms. The first-order chi connectivity index (χ1) is 10.5. The van der Waals surface area contributed by atoms with Crippen LogP contribution in [0.25, 0.3) is 0 Å². The Balaban J connectivity index is 5.20. The molecule has 0 aromatic carbocycles. The second kappa shape index (κ2) is 10.2. The van der Waals surface area contributed by atoms with Gasteiger partial charge in [-0.05, 0) is 0 Å². The normalized spacial score (nSPS) is 11.3. The van der Waals surface area contributed by atoms with Gasteiger partial charge in [-0.25, -0.2) is 0 Å². The van der Waals surface area contributed by atoms with Crippen LogP contribution in [0.1, 0.15) is 25.7 Å². The van der Waals surface area contributed by atoms with Crippen LogP contribution in [0.2, 0.25) is 0 Å². The second-order valence-electron chi connectivity index (χ2n) is 4.92. The summed E-state index contributed by atoms with van der Waals surface area (Å²) in [6.45, 7) is 22.3. The van der Waals surface area contributed by atoms with E-state index in [0.717, 1.165) is 0 Å². The van der Waals surface area contributed by atoms with Gasteiger partial charge in [0.2, 0.25) is 0 Å². The minimum absolute atomic E-state index is 0.455. The third-order valence-corrected chi connectivity index (χ3v) is 4.24. The highest BCUT2D eigenvalue weighted by Gasteiger charge is 2.43. The van der Waals surface area contributed by atoms with Crippen molar-refractivity contribution in [3.8, 4) is 0 Å². The standard InChI is InChI=1S/C18H26O3P/c1-7-13-17(11-5,14-8-2)20-22(19)21-18(12-6,15-9-3)16-10-4/h7-12H,1-6,13-16H2/q+1. The predicted molar refractivity (Wildman–Crippen MR) is 94.9 cm³/mol. The molecule has 0 aliphatic carbocycles. The average molecular weight is 321 g/mol. The fourth-order valence-corrected chi connectivity index (χ4v) is 3.09. The molecule has 0 aromatic heterocycles. The van der Waals surface area contributed by atoms with Gasteiger partial charge in [0, 0.05) is 30.2 Å². The molecule has 0 fully saturated rings. The van der Waals surface area contributed by atoms with Gasteiger partial charge < -0.3 is 0 Å². The van der Waals surface area contributed by atoms with Gasteiger partial charge in [-0.3, -0.25) is 0 Å². The molecule has 0 atom stereocenters. The summed E-state index contributed by atoms with van der Waals surface area (Å²) in [5.41, 5.74) is -1.68. The van der Waals surface area contributed by atoms with E-state index in [-0.39, 0.29) is 0 Å². The Morgan fingerprint density at radius 3 is 1.14 bits per heavy atom. The Morgan fingerprint density at radius 1 is 0.682 bits per heavy atom. The van der Waals surface area contributed by atoms with E-state index in [1.54, 1.807) is 36.5 Å². The summed E-state index contributed by atoms with van der Waals surface area (Å²) in [4.78, 5) is 0. The molecule has 0 N–H and O–H groups in total. The topological polar surface area (TPSA) is 35.5 Å². The number of hydrogen-bond acceptors (Lipinski definition) is 3. The average Bonchev–Trinajstić information content (AvgIpc) is 2.47. The molecule has 0 saturated heterocycles. The lowest BCUT2D eigenvalue weighted by molar-refractivity contribution is 0.0608. The Kier molecular flexibility index (Phi) is 9.51. The van der Waals surface area contributed by atoms with Crippen LogP contribution >= 0.6 is 8.25 Å².